The molecule has 0 aliphatic heterocycles. The maximum absolute atomic E-state index is 12.7. The third-order valence-electron chi connectivity index (χ3n) is 5.10. The molecule has 0 saturated heterocycles. The Kier molecular flexibility index (Phi) is 8.23. The molecule has 0 saturated carbocycles. The lowest BCUT2D eigenvalue weighted by Crippen LogP contribution is -2.14. The quantitative estimate of drug-likeness (QED) is 0.161. The van der Waals surface area contributed by atoms with Gasteiger partial charge in [-0.3, -0.25) is 14.9 Å². The van der Waals surface area contributed by atoms with Crippen LogP contribution >= 0.6 is 15.9 Å². The molecule has 0 fully saturated rings. The number of nitriles is 1. The van der Waals surface area contributed by atoms with Crippen LogP contribution in [-0.4, -0.2) is 17.9 Å². The highest BCUT2D eigenvalue weighted by molar-refractivity contribution is 9.10. The molecule has 0 aliphatic carbocycles. The first-order valence-electron chi connectivity index (χ1n) is 10.5. The van der Waals surface area contributed by atoms with E-state index in [1.54, 1.807) is 24.3 Å². The van der Waals surface area contributed by atoms with Crippen LogP contribution in [0.1, 0.15) is 22.3 Å². The Morgan fingerprint density at radius 2 is 1.89 bits per heavy atom. The Labute approximate surface area is 211 Å². The number of non-ortho nitro benzene ring substituents is 1. The standard InChI is InChI=1S/C26H22BrN3O5/c1-16-4-5-17(2)23(10-16)29-26(31)20(14-28)11-19-12-22(27)25(24(13-19)34-3)35-15-18-6-8-21(9-7-18)30(32)33/h4-13H,15H2,1-3H3,(H,29,31)/b20-11-. The molecular weight excluding hydrogens is 514 g/mol. The Morgan fingerprint density at radius 3 is 2.51 bits per heavy atom. The summed E-state index contributed by atoms with van der Waals surface area (Å²) >= 11 is 3.46. The van der Waals surface area contributed by atoms with Gasteiger partial charge in [-0.15, -0.1) is 0 Å². The minimum absolute atomic E-state index is 0.00135. The topological polar surface area (TPSA) is 114 Å². The zero-order valence-corrected chi connectivity index (χ0v) is 20.9. The van der Waals surface area contributed by atoms with E-state index in [0.29, 0.717) is 27.2 Å². The number of hydrogen-bond donors (Lipinski definition) is 1. The third kappa shape index (κ3) is 6.46. The number of anilines is 1. The summed E-state index contributed by atoms with van der Waals surface area (Å²) in [5.74, 6) is 0.288. The lowest BCUT2D eigenvalue weighted by atomic mass is 10.1. The van der Waals surface area contributed by atoms with Gasteiger partial charge in [-0.2, -0.15) is 5.26 Å². The molecule has 1 N–H and O–H groups in total. The van der Waals surface area contributed by atoms with E-state index in [9.17, 15) is 20.2 Å². The molecule has 0 bridgehead atoms. The summed E-state index contributed by atoms with van der Waals surface area (Å²) in [6.45, 7) is 3.96. The second-order valence-corrected chi connectivity index (χ2v) is 8.54. The van der Waals surface area contributed by atoms with Crippen LogP contribution in [-0.2, 0) is 11.4 Å². The molecule has 1 amide bonds. The molecule has 0 radical (unpaired) electrons. The van der Waals surface area contributed by atoms with Crippen LogP contribution in [0.2, 0.25) is 0 Å². The van der Waals surface area contributed by atoms with Crippen molar-refractivity contribution in [2.24, 2.45) is 0 Å². The molecule has 9 heteroatoms. The zero-order chi connectivity index (χ0) is 25.5. The van der Waals surface area contributed by atoms with E-state index in [1.807, 2.05) is 38.1 Å². The first kappa shape index (κ1) is 25.5. The van der Waals surface area contributed by atoms with Gasteiger partial charge in [-0.25, -0.2) is 0 Å². The van der Waals surface area contributed by atoms with Crippen molar-refractivity contribution in [3.63, 3.8) is 0 Å². The van der Waals surface area contributed by atoms with Crippen molar-refractivity contribution in [3.8, 4) is 17.6 Å². The lowest BCUT2D eigenvalue weighted by Gasteiger charge is -2.14. The van der Waals surface area contributed by atoms with Gasteiger partial charge in [-0.1, -0.05) is 12.1 Å². The number of nitrogens with zero attached hydrogens (tertiary/aromatic N) is 2. The summed E-state index contributed by atoms with van der Waals surface area (Å²) < 4.78 is 11.9. The predicted molar refractivity (Wildman–Crippen MR) is 136 cm³/mol. The fraction of sp³-hybridized carbons (Fsp3) is 0.154. The third-order valence-corrected chi connectivity index (χ3v) is 5.69. The first-order valence-corrected chi connectivity index (χ1v) is 11.2. The van der Waals surface area contributed by atoms with E-state index >= 15 is 0 Å². The SMILES string of the molecule is COc1cc(/C=C(/C#N)C(=O)Nc2cc(C)ccc2C)cc(Br)c1OCc1ccc([N+](=O)[O-])cc1. The molecule has 3 rings (SSSR count). The number of amides is 1. The predicted octanol–water partition coefficient (Wildman–Crippen LogP) is 6.11. The van der Waals surface area contributed by atoms with Gasteiger partial charge in [0.2, 0.25) is 0 Å². The van der Waals surface area contributed by atoms with Gasteiger partial charge in [0.15, 0.2) is 11.5 Å². The Hall–Kier alpha value is -4.16. The molecule has 0 aromatic heterocycles. The van der Waals surface area contributed by atoms with E-state index in [4.69, 9.17) is 9.47 Å². The number of carbonyl (C=O) groups excluding carboxylic acids is 1. The number of nitrogens with one attached hydrogen (secondary N) is 1. The number of ether oxygens (including phenoxy) is 2. The number of benzene rings is 3. The van der Waals surface area contributed by atoms with Crippen molar-refractivity contribution < 1.29 is 19.2 Å². The van der Waals surface area contributed by atoms with Gasteiger partial charge < -0.3 is 14.8 Å². The molecule has 3 aromatic rings. The van der Waals surface area contributed by atoms with Crippen LogP contribution in [0.4, 0.5) is 11.4 Å². The van der Waals surface area contributed by atoms with Gasteiger partial charge in [0, 0.05) is 17.8 Å². The molecule has 35 heavy (non-hydrogen) atoms. The molecule has 178 valence electrons. The molecular formula is C26H22BrN3O5. The molecule has 0 heterocycles. The fourth-order valence-corrected chi connectivity index (χ4v) is 3.78. The van der Waals surface area contributed by atoms with Crippen LogP contribution in [0.25, 0.3) is 6.08 Å². The average Bonchev–Trinajstić information content (AvgIpc) is 2.83. The van der Waals surface area contributed by atoms with Crippen molar-refractivity contribution in [2.75, 3.05) is 12.4 Å². The molecule has 0 spiro atoms. The second kappa shape index (κ2) is 11.3. The Balaban J connectivity index is 1.81. The van der Waals surface area contributed by atoms with Crippen molar-refractivity contribution in [3.05, 3.63) is 97.0 Å². The molecule has 3 aromatic carbocycles. The van der Waals surface area contributed by atoms with Gasteiger partial charge in [-0.05, 0) is 88.4 Å². The average molecular weight is 536 g/mol. The number of carbonyl (C=O) groups is 1. The minimum Gasteiger partial charge on any atom is -0.493 e. The highest BCUT2D eigenvalue weighted by atomic mass is 79.9. The van der Waals surface area contributed by atoms with E-state index in [1.165, 1.54) is 25.3 Å². The Morgan fingerprint density at radius 1 is 1.17 bits per heavy atom. The number of halogens is 1. The molecule has 8 nitrogen and oxygen atoms in total. The van der Waals surface area contributed by atoms with Crippen molar-refractivity contribution >= 4 is 39.3 Å². The number of hydrogen-bond acceptors (Lipinski definition) is 6. The maximum atomic E-state index is 12.7. The number of aryl methyl sites for hydroxylation is 2. The van der Waals surface area contributed by atoms with E-state index < -0.39 is 10.8 Å². The number of nitro groups is 1. The smallest absolute Gasteiger partial charge is 0.269 e. The summed E-state index contributed by atoms with van der Waals surface area (Å²) in [5.41, 5.74) is 3.75. The Bertz CT molecular complexity index is 1340. The van der Waals surface area contributed by atoms with Crippen LogP contribution in [0, 0.1) is 35.3 Å². The summed E-state index contributed by atoms with van der Waals surface area (Å²) in [6.07, 6.45) is 1.47. The van der Waals surface area contributed by atoms with Crippen LogP contribution in [0.3, 0.4) is 0 Å². The maximum Gasteiger partial charge on any atom is 0.269 e. The van der Waals surface area contributed by atoms with E-state index in [0.717, 1.165) is 16.7 Å². The van der Waals surface area contributed by atoms with Crippen LogP contribution in [0.5, 0.6) is 11.5 Å². The van der Waals surface area contributed by atoms with Crippen molar-refractivity contribution in [1.82, 2.24) is 0 Å². The monoisotopic (exact) mass is 535 g/mol. The summed E-state index contributed by atoms with van der Waals surface area (Å²) in [7, 11) is 1.48. The summed E-state index contributed by atoms with van der Waals surface area (Å²) in [4.78, 5) is 23.1. The van der Waals surface area contributed by atoms with Gasteiger partial charge >= 0.3 is 0 Å². The van der Waals surface area contributed by atoms with Gasteiger partial charge in [0.25, 0.3) is 11.6 Å². The van der Waals surface area contributed by atoms with Gasteiger partial charge in [0.1, 0.15) is 18.2 Å². The number of methoxy groups -OCH3 is 1. The summed E-state index contributed by atoms with van der Waals surface area (Å²) in [6, 6.07) is 17.0. The van der Waals surface area contributed by atoms with Crippen LogP contribution in [0.15, 0.2) is 64.6 Å². The highest BCUT2D eigenvalue weighted by Crippen LogP contribution is 2.38. The van der Waals surface area contributed by atoms with Crippen LogP contribution < -0.4 is 14.8 Å². The van der Waals surface area contributed by atoms with Crippen molar-refractivity contribution in [1.29, 1.82) is 5.26 Å². The van der Waals surface area contributed by atoms with Gasteiger partial charge in [0.05, 0.1) is 16.5 Å². The number of rotatable bonds is 8. The zero-order valence-electron chi connectivity index (χ0n) is 19.3. The summed E-state index contributed by atoms with van der Waals surface area (Å²) in [5, 5.41) is 23.2. The molecule has 0 unspecified atom stereocenters. The van der Waals surface area contributed by atoms with E-state index in [2.05, 4.69) is 21.2 Å². The first-order chi connectivity index (χ1) is 16.7. The molecule has 0 atom stereocenters. The highest BCUT2D eigenvalue weighted by Gasteiger charge is 2.15. The fourth-order valence-electron chi connectivity index (χ4n) is 3.21. The largest absolute Gasteiger partial charge is 0.493 e. The van der Waals surface area contributed by atoms with E-state index in [-0.39, 0.29) is 17.9 Å². The number of nitro benzene ring substituents is 1. The lowest BCUT2D eigenvalue weighted by molar-refractivity contribution is -0.384. The second-order valence-electron chi connectivity index (χ2n) is 7.69. The van der Waals surface area contributed by atoms with Crippen molar-refractivity contribution in [2.45, 2.75) is 20.5 Å². The normalized spacial score (nSPS) is 10.9. The molecule has 0 aliphatic rings. The minimum atomic E-state index is -0.519.